The molecule has 10 rings (SSSR count). The average molecular weight is 790 g/mol. The first kappa shape index (κ1) is 38.6. The maximum atomic E-state index is 7.16. The van der Waals surface area contributed by atoms with Gasteiger partial charge in [0, 0.05) is 22.5 Å². The van der Waals surface area contributed by atoms with E-state index in [4.69, 9.17) is 4.74 Å². The SMILES string of the molecule is CCCCCCc1cc2c3c(c1)N(c1c(-c4ccccc4)cc(C(C)(C)C)cc1-c1ccccc1)c1ccc(-c4ccccc4)cc1B3c1cc(-c3ccccc3)ccc1O2. The summed E-state index contributed by atoms with van der Waals surface area (Å²) in [4.78, 5) is 2.61. The third-order valence-electron chi connectivity index (χ3n) is 12.7. The molecule has 3 heteroatoms. The van der Waals surface area contributed by atoms with Crippen LogP contribution < -0.4 is 26.0 Å². The summed E-state index contributed by atoms with van der Waals surface area (Å²) in [6.07, 6.45) is 5.83. The Morgan fingerprint density at radius 2 is 1.02 bits per heavy atom. The van der Waals surface area contributed by atoms with Crippen LogP contribution in [0.2, 0.25) is 0 Å². The van der Waals surface area contributed by atoms with Gasteiger partial charge in [-0.15, -0.1) is 0 Å². The number of rotatable bonds is 10. The molecule has 0 amide bonds. The summed E-state index contributed by atoms with van der Waals surface area (Å²) in [6.45, 7) is 9.22. The smallest absolute Gasteiger partial charge is 0.256 e. The number of fused-ring (bicyclic) bond motifs is 4. The van der Waals surface area contributed by atoms with Crippen LogP contribution in [-0.4, -0.2) is 6.71 Å². The number of unbranched alkanes of at least 4 members (excludes halogenated alkanes) is 3. The number of benzene rings is 8. The van der Waals surface area contributed by atoms with Gasteiger partial charge in [0.1, 0.15) is 11.5 Å². The van der Waals surface area contributed by atoms with Gasteiger partial charge in [-0.3, -0.25) is 0 Å². The van der Waals surface area contributed by atoms with Crippen molar-refractivity contribution in [3.05, 3.63) is 193 Å². The number of hydrogen-bond acceptors (Lipinski definition) is 2. The van der Waals surface area contributed by atoms with Crippen molar-refractivity contribution >= 4 is 40.2 Å². The second kappa shape index (κ2) is 16.1. The first-order chi connectivity index (χ1) is 29.9. The zero-order valence-electron chi connectivity index (χ0n) is 35.8. The molecule has 0 unspecified atom stereocenters. The van der Waals surface area contributed by atoms with Crippen molar-refractivity contribution in [1.29, 1.82) is 0 Å². The maximum absolute atomic E-state index is 7.16. The molecule has 2 aliphatic rings. The Balaban J connectivity index is 1.31. The van der Waals surface area contributed by atoms with Crippen LogP contribution in [0.3, 0.4) is 0 Å². The third-order valence-corrected chi connectivity index (χ3v) is 12.7. The average Bonchev–Trinajstić information content (AvgIpc) is 3.30. The van der Waals surface area contributed by atoms with Crippen LogP contribution in [0.1, 0.15) is 64.5 Å². The highest BCUT2D eigenvalue weighted by atomic mass is 16.5. The zero-order valence-corrected chi connectivity index (χ0v) is 35.8. The Morgan fingerprint density at radius 1 is 0.475 bits per heavy atom. The maximum Gasteiger partial charge on any atom is 0.256 e. The molecule has 2 aliphatic heterocycles. The molecule has 2 heterocycles. The fourth-order valence-corrected chi connectivity index (χ4v) is 9.56. The van der Waals surface area contributed by atoms with Crippen molar-refractivity contribution in [2.45, 2.75) is 65.2 Å². The molecule has 2 nitrogen and oxygen atoms in total. The van der Waals surface area contributed by atoms with Crippen LogP contribution in [0.25, 0.3) is 44.5 Å². The van der Waals surface area contributed by atoms with Gasteiger partial charge in [0.2, 0.25) is 0 Å². The molecule has 0 aromatic heterocycles. The van der Waals surface area contributed by atoms with Gasteiger partial charge in [-0.2, -0.15) is 0 Å². The minimum atomic E-state index is -0.0767. The number of anilines is 3. The second-order valence-corrected chi connectivity index (χ2v) is 17.9. The van der Waals surface area contributed by atoms with E-state index in [1.807, 2.05) is 0 Å². The van der Waals surface area contributed by atoms with Gasteiger partial charge in [0.25, 0.3) is 6.71 Å². The van der Waals surface area contributed by atoms with E-state index in [2.05, 4.69) is 215 Å². The summed E-state index contributed by atoms with van der Waals surface area (Å²) in [5.74, 6) is 1.89. The van der Waals surface area contributed by atoms with E-state index in [9.17, 15) is 0 Å². The highest BCUT2D eigenvalue weighted by molar-refractivity contribution is 6.99. The predicted molar refractivity (Wildman–Crippen MR) is 261 cm³/mol. The topological polar surface area (TPSA) is 12.5 Å². The van der Waals surface area contributed by atoms with E-state index in [1.54, 1.807) is 0 Å². The van der Waals surface area contributed by atoms with E-state index in [0.717, 1.165) is 24.3 Å². The van der Waals surface area contributed by atoms with E-state index in [-0.39, 0.29) is 12.1 Å². The fraction of sp³-hybridized carbons (Fsp3) is 0.172. The number of aryl methyl sites for hydroxylation is 1. The number of ether oxygens (including phenoxy) is 1. The number of nitrogens with zero attached hydrogens (tertiary/aromatic N) is 1. The minimum Gasteiger partial charge on any atom is -0.458 e. The van der Waals surface area contributed by atoms with Crippen molar-refractivity contribution in [2.75, 3.05) is 4.90 Å². The van der Waals surface area contributed by atoms with E-state index >= 15 is 0 Å². The van der Waals surface area contributed by atoms with Crippen molar-refractivity contribution in [1.82, 2.24) is 0 Å². The van der Waals surface area contributed by atoms with E-state index in [1.165, 1.54) is 108 Å². The monoisotopic (exact) mass is 789 g/mol. The summed E-state index contributed by atoms with van der Waals surface area (Å²) in [5.41, 5.74) is 19.5. The molecule has 0 bridgehead atoms. The van der Waals surface area contributed by atoms with Crippen LogP contribution in [0, 0.1) is 0 Å². The van der Waals surface area contributed by atoms with Gasteiger partial charge >= 0.3 is 0 Å². The van der Waals surface area contributed by atoms with Crippen molar-refractivity contribution in [3.63, 3.8) is 0 Å². The van der Waals surface area contributed by atoms with E-state index < -0.39 is 0 Å². The molecule has 0 saturated heterocycles. The highest BCUT2D eigenvalue weighted by Gasteiger charge is 2.43. The molecule has 0 aliphatic carbocycles. The molecule has 0 radical (unpaired) electrons. The van der Waals surface area contributed by atoms with Crippen LogP contribution in [0.15, 0.2) is 182 Å². The molecule has 8 aromatic carbocycles. The molecule has 0 N–H and O–H groups in total. The molecular weight excluding hydrogens is 737 g/mol. The minimum absolute atomic E-state index is 0.0457. The van der Waals surface area contributed by atoms with Crippen molar-refractivity contribution in [2.24, 2.45) is 0 Å². The van der Waals surface area contributed by atoms with Crippen LogP contribution in [-0.2, 0) is 11.8 Å². The standard InChI is InChI=1S/C58H52BNO/c1-5-6-7-12-21-40-34-53-56-55(35-40)61-54-33-31-46(42-24-15-9-16-25-42)37-51(54)59(56)50-36-45(41-22-13-8-14-23-41)30-32-52(50)60(53)57-48(43-26-17-10-18-27-43)38-47(58(2,3)4)39-49(57)44-28-19-11-20-29-44/h8-11,13-20,22-39H,5-7,12,21H2,1-4H3. The van der Waals surface area contributed by atoms with Crippen LogP contribution in [0.5, 0.6) is 11.5 Å². The molecule has 8 aromatic rings. The molecule has 61 heavy (non-hydrogen) atoms. The lowest BCUT2D eigenvalue weighted by Gasteiger charge is -2.42. The third kappa shape index (κ3) is 7.27. The lowest BCUT2D eigenvalue weighted by Crippen LogP contribution is -2.59. The van der Waals surface area contributed by atoms with E-state index in [0.29, 0.717) is 0 Å². The summed E-state index contributed by atoms with van der Waals surface area (Å²) in [7, 11) is 0. The Labute approximate surface area is 362 Å². The van der Waals surface area contributed by atoms with Gasteiger partial charge in [0.15, 0.2) is 0 Å². The molecular formula is C58H52BNO. The lowest BCUT2D eigenvalue weighted by molar-refractivity contribution is 0.486. The van der Waals surface area contributed by atoms with Crippen molar-refractivity contribution in [3.8, 4) is 56.0 Å². The zero-order chi connectivity index (χ0) is 41.5. The molecule has 0 saturated carbocycles. The first-order valence-corrected chi connectivity index (χ1v) is 22.2. The normalized spacial score (nSPS) is 12.7. The predicted octanol–water partition coefficient (Wildman–Crippen LogP) is 14.2. The van der Waals surface area contributed by atoms with Gasteiger partial charge in [-0.25, -0.2) is 0 Å². The Bertz CT molecular complexity index is 2780. The van der Waals surface area contributed by atoms with Gasteiger partial charge in [-0.05, 0) is 116 Å². The lowest BCUT2D eigenvalue weighted by atomic mass is 9.34. The van der Waals surface area contributed by atoms with Crippen LogP contribution in [0.4, 0.5) is 17.1 Å². The molecule has 298 valence electrons. The Kier molecular flexibility index (Phi) is 10.2. The Morgan fingerprint density at radius 3 is 1.57 bits per heavy atom. The fourth-order valence-electron chi connectivity index (χ4n) is 9.56. The van der Waals surface area contributed by atoms with Gasteiger partial charge < -0.3 is 9.64 Å². The molecule has 0 atom stereocenters. The largest absolute Gasteiger partial charge is 0.458 e. The molecule has 0 fully saturated rings. The quantitative estimate of drug-likeness (QED) is 0.101. The molecule has 0 spiro atoms. The summed E-state index contributed by atoms with van der Waals surface area (Å²) in [6, 6.07) is 67.4. The summed E-state index contributed by atoms with van der Waals surface area (Å²) >= 11 is 0. The van der Waals surface area contributed by atoms with Gasteiger partial charge in [-0.1, -0.05) is 193 Å². The summed E-state index contributed by atoms with van der Waals surface area (Å²) < 4.78 is 7.16. The first-order valence-electron chi connectivity index (χ1n) is 22.2. The number of hydrogen-bond donors (Lipinski definition) is 0. The van der Waals surface area contributed by atoms with Gasteiger partial charge in [0.05, 0.1) is 5.69 Å². The van der Waals surface area contributed by atoms with Crippen LogP contribution >= 0.6 is 0 Å². The van der Waals surface area contributed by atoms with Crippen molar-refractivity contribution < 1.29 is 4.74 Å². The second-order valence-electron chi connectivity index (χ2n) is 17.9. The Hall–Kier alpha value is -6.58. The summed E-state index contributed by atoms with van der Waals surface area (Å²) in [5, 5.41) is 0. The highest BCUT2D eigenvalue weighted by Crippen LogP contribution is 2.51.